The van der Waals surface area contributed by atoms with E-state index in [0.29, 0.717) is 30.1 Å². The van der Waals surface area contributed by atoms with Crippen LogP contribution < -0.4 is 10.1 Å². The van der Waals surface area contributed by atoms with Crippen molar-refractivity contribution >= 4 is 0 Å². The first kappa shape index (κ1) is 16.3. The fraction of sp³-hybridized carbons (Fsp3) is 0.667. The molecule has 1 N–H and O–H groups in total. The van der Waals surface area contributed by atoms with Gasteiger partial charge in [0.1, 0.15) is 5.75 Å². The average Bonchev–Trinajstić information content (AvgIpc) is 2.75. The van der Waals surface area contributed by atoms with Crippen molar-refractivity contribution in [2.24, 2.45) is 11.8 Å². The van der Waals surface area contributed by atoms with Crippen molar-refractivity contribution in [1.82, 2.24) is 5.32 Å². The summed E-state index contributed by atoms with van der Waals surface area (Å²) in [4.78, 5) is 0. The van der Waals surface area contributed by atoms with Crippen LogP contribution in [0.4, 0.5) is 0 Å². The summed E-state index contributed by atoms with van der Waals surface area (Å²) in [5.41, 5.74) is 1.36. The van der Waals surface area contributed by atoms with Crippen LogP contribution in [0, 0.1) is 11.8 Å². The molecular weight excluding hydrogens is 262 g/mol. The molecule has 1 fully saturated rings. The zero-order valence-corrected chi connectivity index (χ0v) is 13.9. The van der Waals surface area contributed by atoms with E-state index in [2.05, 4.69) is 45.3 Å². The lowest BCUT2D eigenvalue weighted by Gasteiger charge is -2.28. The fourth-order valence-corrected chi connectivity index (χ4v) is 3.63. The Kier molecular flexibility index (Phi) is 5.65. The molecule has 118 valence electrons. The Balaban J connectivity index is 1.95. The number of benzene rings is 1. The minimum atomic E-state index is 0.336. The van der Waals surface area contributed by atoms with E-state index in [9.17, 15) is 0 Å². The lowest BCUT2D eigenvalue weighted by molar-refractivity contribution is 0.0475. The van der Waals surface area contributed by atoms with Crippen molar-refractivity contribution < 1.29 is 9.47 Å². The molecule has 3 heteroatoms. The van der Waals surface area contributed by atoms with Gasteiger partial charge in [0.15, 0.2) is 0 Å². The highest BCUT2D eigenvalue weighted by atomic mass is 16.5. The highest BCUT2D eigenvalue weighted by Gasteiger charge is 2.40. The van der Waals surface area contributed by atoms with Crippen LogP contribution in [-0.2, 0) is 11.2 Å². The number of hydrogen-bond acceptors (Lipinski definition) is 3. The SMILES string of the molecule is CNC(CCc1ccc(OC)cc1)C1C(C)OC(C)C1C. The summed E-state index contributed by atoms with van der Waals surface area (Å²) in [7, 11) is 3.77. The summed E-state index contributed by atoms with van der Waals surface area (Å²) in [6.45, 7) is 6.72. The third-order valence-corrected chi connectivity index (χ3v) is 5.06. The predicted molar refractivity (Wildman–Crippen MR) is 86.8 cm³/mol. The molecule has 0 spiro atoms. The van der Waals surface area contributed by atoms with Crippen LogP contribution in [0.2, 0.25) is 0 Å². The van der Waals surface area contributed by atoms with Gasteiger partial charge in [0.25, 0.3) is 0 Å². The Bertz CT molecular complexity index is 431. The van der Waals surface area contributed by atoms with Gasteiger partial charge in [-0.2, -0.15) is 0 Å². The zero-order valence-electron chi connectivity index (χ0n) is 13.9. The van der Waals surface area contributed by atoms with E-state index in [-0.39, 0.29) is 0 Å². The third kappa shape index (κ3) is 3.78. The first-order chi connectivity index (χ1) is 10.1. The molecule has 1 aliphatic rings. The molecule has 5 atom stereocenters. The number of ether oxygens (including phenoxy) is 2. The van der Waals surface area contributed by atoms with Gasteiger partial charge in [-0.25, -0.2) is 0 Å². The van der Waals surface area contributed by atoms with E-state index in [0.717, 1.165) is 18.6 Å². The topological polar surface area (TPSA) is 30.5 Å². The second-order valence-corrected chi connectivity index (χ2v) is 6.26. The molecule has 1 heterocycles. The quantitative estimate of drug-likeness (QED) is 0.872. The Hall–Kier alpha value is -1.06. The van der Waals surface area contributed by atoms with Gasteiger partial charge in [0.05, 0.1) is 19.3 Å². The second-order valence-electron chi connectivity index (χ2n) is 6.26. The Morgan fingerprint density at radius 1 is 1.14 bits per heavy atom. The molecule has 3 nitrogen and oxygen atoms in total. The molecule has 21 heavy (non-hydrogen) atoms. The number of rotatable bonds is 6. The number of aryl methyl sites for hydroxylation is 1. The molecule has 0 bridgehead atoms. The van der Waals surface area contributed by atoms with Crippen molar-refractivity contribution in [3.8, 4) is 5.75 Å². The van der Waals surface area contributed by atoms with Crippen LogP contribution in [-0.4, -0.2) is 32.4 Å². The van der Waals surface area contributed by atoms with Crippen LogP contribution >= 0.6 is 0 Å². The van der Waals surface area contributed by atoms with Crippen molar-refractivity contribution in [2.75, 3.05) is 14.2 Å². The van der Waals surface area contributed by atoms with E-state index in [4.69, 9.17) is 9.47 Å². The van der Waals surface area contributed by atoms with Crippen LogP contribution in [0.3, 0.4) is 0 Å². The van der Waals surface area contributed by atoms with Gasteiger partial charge < -0.3 is 14.8 Å². The molecule has 1 aromatic rings. The maximum atomic E-state index is 5.99. The largest absolute Gasteiger partial charge is 0.497 e. The van der Waals surface area contributed by atoms with E-state index in [1.54, 1.807) is 7.11 Å². The summed E-state index contributed by atoms with van der Waals surface area (Å²) < 4.78 is 11.2. The maximum absolute atomic E-state index is 5.99. The standard InChI is InChI=1S/C18H29NO2/c1-12-13(2)21-14(3)18(12)17(19-4)11-8-15-6-9-16(20-5)10-7-15/h6-7,9-10,12-14,17-19H,8,11H2,1-5H3. The molecule has 1 aromatic carbocycles. The summed E-state index contributed by atoms with van der Waals surface area (Å²) in [6, 6.07) is 8.89. The van der Waals surface area contributed by atoms with Crippen molar-refractivity contribution in [3.63, 3.8) is 0 Å². The van der Waals surface area contributed by atoms with Crippen LogP contribution in [0.25, 0.3) is 0 Å². The molecule has 0 radical (unpaired) electrons. The third-order valence-electron chi connectivity index (χ3n) is 5.06. The summed E-state index contributed by atoms with van der Waals surface area (Å²) >= 11 is 0. The minimum absolute atomic E-state index is 0.336. The Morgan fingerprint density at radius 2 is 1.81 bits per heavy atom. The number of nitrogens with one attached hydrogen (secondary N) is 1. The Labute approximate surface area is 129 Å². The smallest absolute Gasteiger partial charge is 0.118 e. The second kappa shape index (κ2) is 7.28. The predicted octanol–water partition coefficient (Wildman–Crippen LogP) is 3.28. The molecule has 2 rings (SSSR count). The maximum Gasteiger partial charge on any atom is 0.118 e. The van der Waals surface area contributed by atoms with E-state index in [1.165, 1.54) is 5.56 Å². The van der Waals surface area contributed by atoms with Crippen molar-refractivity contribution in [1.29, 1.82) is 0 Å². The van der Waals surface area contributed by atoms with E-state index >= 15 is 0 Å². The molecule has 1 aliphatic heterocycles. The highest BCUT2D eigenvalue weighted by molar-refractivity contribution is 5.27. The Morgan fingerprint density at radius 3 is 2.29 bits per heavy atom. The molecule has 0 amide bonds. The van der Waals surface area contributed by atoms with Gasteiger partial charge in [-0.3, -0.25) is 0 Å². The monoisotopic (exact) mass is 291 g/mol. The number of methoxy groups -OCH3 is 1. The van der Waals surface area contributed by atoms with Gasteiger partial charge in [0.2, 0.25) is 0 Å². The van der Waals surface area contributed by atoms with Gasteiger partial charge in [-0.05, 0) is 57.4 Å². The summed E-state index contributed by atoms with van der Waals surface area (Å²) in [6.07, 6.45) is 2.92. The molecule has 5 unspecified atom stereocenters. The van der Waals surface area contributed by atoms with Gasteiger partial charge in [-0.15, -0.1) is 0 Å². The summed E-state index contributed by atoms with van der Waals surface area (Å²) in [5, 5.41) is 3.51. The highest BCUT2D eigenvalue weighted by Crippen LogP contribution is 2.35. The number of hydrogen-bond donors (Lipinski definition) is 1. The minimum Gasteiger partial charge on any atom is -0.497 e. The van der Waals surface area contributed by atoms with Crippen molar-refractivity contribution in [3.05, 3.63) is 29.8 Å². The first-order valence-electron chi connectivity index (χ1n) is 8.02. The molecule has 0 aromatic heterocycles. The molecular formula is C18H29NO2. The normalized spacial score (nSPS) is 30.3. The van der Waals surface area contributed by atoms with Crippen molar-refractivity contribution in [2.45, 2.75) is 51.9 Å². The zero-order chi connectivity index (χ0) is 15.4. The van der Waals surface area contributed by atoms with Gasteiger partial charge >= 0.3 is 0 Å². The average molecular weight is 291 g/mol. The van der Waals surface area contributed by atoms with Gasteiger partial charge in [0, 0.05) is 12.0 Å². The molecule has 0 saturated carbocycles. The summed E-state index contributed by atoms with van der Waals surface area (Å²) in [5.74, 6) is 2.11. The molecule has 1 saturated heterocycles. The van der Waals surface area contributed by atoms with Crippen LogP contribution in [0.5, 0.6) is 5.75 Å². The van der Waals surface area contributed by atoms with E-state index < -0.39 is 0 Å². The first-order valence-corrected chi connectivity index (χ1v) is 8.02. The molecule has 0 aliphatic carbocycles. The van der Waals surface area contributed by atoms with Gasteiger partial charge in [-0.1, -0.05) is 19.1 Å². The van der Waals surface area contributed by atoms with Crippen LogP contribution in [0.1, 0.15) is 32.8 Å². The lowest BCUT2D eigenvalue weighted by Crippen LogP contribution is -2.40. The van der Waals surface area contributed by atoms with Crippen LogP contribution in [0.15, 0.2) is 24.3 Å². The lowest BCUT2D eigenvalue weighted by atomic mass is 9.81. The van der Waals surface area contributed by atoms with E-state index in [1.807, 2.05) is 12.1 Å². The fourth-order valence-electron chi connectivity index (χ4n) is 3.63.